The molecule has 7 atom stereocenters. The summed E-state index contributed by atoms with van der Waals surface area (Å²) < 4.78 is 18.5. The number of carbonyl (C=O) groups excluding carboxylic acids is 1. The molecular weight excluding hydrogens is 309 g/mol. The first-order valence-electron chi connectivity index (χ1n) is 6.26. The summed E-state index contributed by atoms with van der Waals surface area (Å²) in [5.74, 6) is -6.43. The van der Waals surface area contributed by atoms with Gasteiger partial charge in [-0.15, -0.1) is 0 Å². The van der Waals surface area contributed by atoms with E-state index < -0.39 is 60.9 Å². The molecule has 1 aliphatic rings. The van der Waals surface area contributed by atoms with Crippen LogP contribution in [0.3, 0.4) is 0 Å². The minimum atomic E-state index is -3.49. The summed E-state index contributed by atoms with van der Waals surface area (Å²) in [4.78, 5) is 22.1. The summed E-state index contributed by atoms with van der Waals surface area (Å²) in [6, 6.07) is -1.66. The summed E-state index contributed by atoms with van der Waals surface area (Å²) in [6.45, 7) is 0.0400. The van der Waals surface area contributed by atoms with E-state index in [2.05, 4.69) is 4.74 Å². The van der Waals surface area contributed by atoms with Crippen LogP contribution in [0.4, 0.5) is 4.39 Å². The predicted octanol–water partition coefficient (Wildman–Crippen LogP) is -3.92. The summed E-state index contributed by atoms with van der Waals surface area (Å²) in [6.07, 6.45) is -10.8. The molecule has 0 aromatic carbocycles. The smallest absolute Gasteiger partial charge is 0.367 e. The monoisotopic (exact) mass is 327 g/mol. The lowest BCUT2D eigenvalue weighted by Gasteiger charge is -2.46. The SMILES string of the molecule is CC(=O)N[C@H]1C([C@H](O)[C@H](O)CO)OC(O)(C(=O)O)C(F)[C@@H]1O. The van der Waals surface area contributed by atoms with Gasteiger partial charge in [-0.3, -0.25) is 4.79 Å². The van der Waals surface area contributed by atoms with Crippen molar-refractivity contribution >= 4 is 11.9 Å². The molecule has 0 saturated carbocycles. The van der Waals surface area contributed by atoms with Crippen LogP contribution in [0.15, 0.2) is 0 Å². The van der Waals surface area contributed by atoms with Crippen molar-refractivity contribution in [2.75, 3.05) is 6.61 Å². The minimum absolute atomic E-state index is 0.767. The van der Waals surface area contributed by atoms with E-state index in [1.54, 1.807) is 0 Å². The number of ether oxygens (including phenoxy) is 1. The van der Waals surface area contributed by atoms with Gasteiger partial charge in [-0.05, 0) is 0 Å². The number of aliphatic carboxylic acids is 1. The summed E-state index contributed by atoms with van der Waals surface area (Å²) in [5.41, 5.74) is 0. The average molecular weight is 327 g/mol. The molecule has 0 bridgehead atoms. The summed E-state index contributed by atoms with van der Waals surface area (Å²) >= 11 is 0. The number of nitrogens with one attached hydrogen (secondary N) is 1. The lowest BCUT2D eigenvalue weighted by Crippen LogP contribution is -2.72. The van der Waals surface area contributed by atoms with Crippen LogP contribution in [-0.4, -0.2) is 91.5 Å². The fourth-order valence-electron chi connectivity index (χ4n) is 2.13. The average Bonchev–Trinajstić information content (AvgIpc) is 2.45. The van der Waals surface area contributed by atoms with Crippen molar-refractivity contribution in [2.45, 2.75) is 49.3 Å². The molecule has 0 radical (unpaired) electrons. The fourth-order valence-corrected chi connectivity index (χ4v) is 2.13. The molecule has 7 N–H and O–H groups in total. The van der Waals surface area contributed by atoms with Gasteiger partial charge in [0.2, 0.25) is 5.91 Å². The summed E-state index contributed by atoms with van der Waals surface area (Å²) in [5, 5.41) is 58.4. The molecule has 0 aliphatic carbocycles. The minimum Gasteiger partial charge on any atom is -0.477 e. The molecule has 128 valence electrons. The first-order valence-corrected chi connectivity index (χ1v) is 6.26. The molecule has 1 fully saturated rings. The van der Waals surface area contributed by atoms with Crippen molar-refractivity contribution in [3.8, 4) is 0 Å². The van der Waals surface area contributed by atoms with Gasteiger partial charge in [-0.1, -0.05) is 0 Å². The van der Waals surface area contributed by atoms with Crippen LogP contribution in [-0.2, 0) is 14.3 Å². The molecule has 0 aromatic rings. The second-order valence-corrected chi connectivity index (χ2v) is 4.94. The van der Waals surface area contributed by atoms with E-state index >= 15 is 0 Å². The molecule has 1 aliphatic heterocycles. The number of hydrogen-bond donors (Lipinski definition) is 7. The quantitative estimate of drug-likeness (QED) is 0.266. The Bertz CT molecular complexity index is 436. The Kier molecular flexibility index (Phi) is 5.78. The number of hydrogen-bond acceptors (Lipinski definition) is 8. The Hall–Kier alpha value is -1.37. The first kappa shape index (κ1) is 18.7. The van der Waals surface area contributed by atoms with Crippen molar-refractivity contribution in [2.24, 2.45) is 0 Å². The van der Waals surface area contributed by atoms with E-state index in [9.17, 15) is 34.4 Å². The number of aliphatic hydroxyl groups is 5. The van der Waals surface area contributed by atoms with Crippen molar-refractivity contribution in [1.82, 2.24) is 5.32 Å². The van der Waals surface area contributed by atoms with E-state index in [1.807, 2.05) is 5.32 Å². The Morgan fingerprint density at radius 3 is 2.36 bits per heavy atom. The molecule has 0 spiro atoms. The van der Waals surface area contributed by atoms with Crippen molar-refractivity contribution < 1.29 is 49.4 Å². The van der Waals surface area contributed by atoms with Crippen molar-refractivity contribution in [3.63, 3.8) is 0 Å². The van der Waals surface area contributed by atoms with Crippen LogP contribution in [0.2, 0.25) is 0 Å². The molecule has 3 unspecified atom stereocenters. The van der Waals surface area contributed by atoms with E-state index in [0.717, 1.165) is 6.92 Å². The Morgan fingerprint density at radius 2 is 1.95 bits per heavy atom. The first-order chi connectivity index (χ1) is 10.1. The standard InChI is InChI=1S/C11H18FNO9/c1-3(15)13-5-7(18)9(12)11(21,10(19)20)22-8(5)6(17)4(16)2-14/h4-9,14,16-18,21H,2H2,1H3,(H,13,15)(H,19,20)/t4-,5-,6-,7-,8?,9?,11?/m1/s1. The molecule has 1 amide bonds. The lowest BCUT2D eigenvalue weighted by atomic mass is 9.87. The number of alkyl halides is 1. The largest absolute Gasteiger partial charge is 0.477 e. The molecule has 22 heavy (non-hydrogen) atoms. The molecule has 0 aromatic heterocycles. The molecular formula is C11H18FNO9. The maximum atomic E-state index is 13.9. The highest BCUT2D eigenvalue weighted by atomic mass is 19.1. The van der Waals surface area contributed by atoms with Gasteiger partial charge in [-0.2, -0.15) is 0 Å². The number of carbonyl (C=O) groups is 2. The van der Waals surface area contributed by atoms with E-state index in [4.69, 9.17) is 10.2 Å². The van der Waals surface area contributed by atoms with Gasteiger partial charge in [0.25, 0.3) is 0 Å². The van der Waals surface area contributed by atoms with Crippen LogP contribution < -0.4 is 5.32 Å². The number of aliphatic hydroxyl groups excluding tert-OH is 4. The molecule has 10 nitrogen and oxygen atoms in total. The third kappa shape index (κ3) is 3.34. The fraction of sp³-hybridized carbons (Fsp3) is 0.818. The number of halogens is 1. The van der Waals surface area contributed by atoms with Crippen LogP contribution in [0.1, 0.15) is 6.92 Å². The van der Waals surface area contributed by atoms with Gasteiger partial charge in [0.05, 0.1) is 12.6 Å². The van der Waals surface area contributed by atoms with E-state index in [0.29, 0.717) is 0 Å². The Balaban J connectivity index is 3.19. The number of amides is 1. The second-order valence-electron chi connectivity index (χ2n) is 4.94. The normalized spacial score (nSPS) is 38.1. The number of rotatable bonds is 5. The predicted molar refractivity (Wildman–Crippen MR) is 65.1 cm³/mol. The number of carboxylic acid groups (broad SMARTS) is 1. The van der Waals surface area contributed by atoms with Crippen LogP contribution >= 0.6 is 0 Å². The highest BCUT2D eigenvalue weighted by molar-refractivity contribution is 5.77. The molecule has 1 saturated heterocycles. The zero-order valence-electron chi connectivity index (χ0n) is 11.5. The van der Waals surface area contributed by atoms with Gasteiger partial charge in [0, 0.05) is 6.92 Å². The second kappa shape index (κ2) is 6.81. The van der Waals surface area contributed by atoms with Crippen LogP contribution in [0, 0.1) is 0 Å². The highest BCUT2D eigenvalue weighted by Crippen LogP contribution is 2.32. The zero-order valence-corrected chi connectivity index (χ0v) is 11.5. The molecule has 1 heterocycles. The zero-order chi connectivity index (χ0) is 17.2. The van der Waals surface area contributed by atoms with Crippen LogP contribution in [0.25, 0.3) is 0 Å². The Morgan fingerprint density at radius 1 is 1.41 bits per heavy atom. The third-order valence-electron chi connectivity index (χ3n) is 3.31. The topological polar surface area (TPSA) is 177 Å². The van der Waals surface area contributed by atoms with Gasteiger partial charge in [0.15, 0.2) is 6.17 Å². The Labute approximate surface area is 123 Å². The number of carboxylic acids is 1. The molecule has 1 rings (SSSR count). The van der Waals surface area contributed by atoms with Crippen molar-refractivity contribution in [1.29, 1.82) is 0 Å². The van der Waals surface area contributed by atoms with Gasteiger partial charge < -0.3 is 40.7 Å². The van der Waals surface area contributed by atoms with E-state index in [-0.39, 0.29) is 0 Å². The van der Waals surface area contributed by atoms with Crippen molar-refractivity contribution in [3.05, 3.63) is 0 Å². The maximum Gasteiger partial charge on any atom is 0.367 e. The van der Waals surface area contributed by atoms with Gasteiger partial charge >= 0.3 is 11.8 Å². The third-order valence-corrected chi connectivity index (χ3v) is 3.31. The van der Waals surface area contributed by atoms with Gasteiger partial charge in [0.1, 0.15) is 24.4 Å². The van der Waals surface area contributed by atoms with Gasteiger partial charge in [-0.25, -0.2) is 9.18 Å². The van der Waals surface area contributed by atoms with Crippen LogP contribution in [0.5, 0.6) is 0 Å². The summed E-state index contributed by atoms with van der Waals surface area (Å²) in [7, 11) is 0. The maximum absolute atomic E-state index is 13.9. The highest BCUT2D eigenvalue weighted by Gasteiger charge is 2.61. The molecule has 11 heteroatoms. The lowest BCUT2D eigenvalue weighted by molar-refractivity contribution is -0.320. The van der Waals surface area contributed by atoms with E-state index in [1.165, 1.54) is 0 Å².